The first-order valence-electron chi connectivity index (χ1n) is 6.07. The second-order valence-corrected chi connectivity index (χ2v) is 5.40. The van der Waals surface area contributed by atoms with Crippen LogP contribution in [0.5, 0.6) is 11.5 Å². The summed E-state index contributed by atoms with van der Waals surface area (Å²) >= 11 is 3.51. The number of nitrogens with one attached hydrogen (secondary N) is 1. The van der Waals surface area contributed by atoms with Crippen LogP contribution in [0.3, 0.4) is 0 Å². The first-order chi connectivity index (χ1) is 8.71. The number of hydrazine groups is 1. The maximum Gasteiger partial charge on any atom is 0.141 e. The Kier molecular flexibility index (Phi) is 4.48. The lowest BCUT2D eigenvalue weighted by atomic mass is 10.0. The minimum atomic E-state index is 0.120. The predicted octanol–water partition coefficient (Wildman–Crippen LogP) is 2.77. The zero-order valence-electron chi connectivity index (χ0n) is 10.7. The van der Waals surface area contributed by atoms with Crippen molar-refractivity contribution in [2.45, 2.75) is 25.3 Å². The summed E-state index contributed by atoms with van der Waals surface area (Å²) in [5.74, 6) is 8.01. The molecule has 18 heavy (non-hydrogen) atoms. The average Bonchev–Trinajstić information content (AvgIpc) is 3.19. The van der Waals surface area contributed by atoms with Crippen LogP contribution >= 0.6 is 15.9 Å². The molecular formula is C13H19BrN2O2. The molecule has 0 aliphatic heterocycles. The van der Waals surface area contributed by atoms with Crippen LogP contribution in [0.1, 0.15) is 30.9 Å². The molecule has 100 valence electrons. The number of nitrogens with two attached hydrogens (primary N) is 1. The van der Waals surface area contributed by atoms with Crippen molar-refractivity contribution in [3.63, 3.8) is 0 Å². The van der Waals surface area contributed by atoms with Gasteiger partial charge >= 0.3 is 0 Å². The average molecular weight is 315 g/mol. The maximum atomic E-state index is 5.67. The Morgan fingerprint density at radius 1 is 1.39 bits per heavy atom. The number of rotatable bonds is 6. The van der Waals surface area contributed by atoms with Gasteiger partial charge in [-0.3, -0.25) is 11.3 Å². The third-order valence-electron chi connectivity index (χ3n) is 3.36. The molecule has 1 aliphatic carbocycles. The molecule has 0 heterocycles. The Balaban J connectivity index is 2.32. The lowest BCUT2D eigenvalue weighted by Crippen LogP contribution is -2.28. The molecule has 1 aliphatic rings. The van der Waals surface area contributed by atoms with Crippen LogP contribution in [0.4, 0.5) is 0 Å². The molecule has 1 atom stereocenters. The summed E-state index contributed by atoms with van der Waals surface area (Å²) in [6, 6.07) is 4.06. The van der Waals surface area contributed by atoms with Gasteiger partial charge in [0.05, 0.1) is 14.2 Å². The van der Waals surface area contributed by atoms with Gasteiger partial charge in [-0.25, -0.2) is 0 Å². The minimum Gasteiger partial charge on any atom is -0.495 e. The van der Waals surface area contributed by atoms with Crippen LogP contribution in [-0.2, 0) is 0 Å². The third kappa shape index (κ3) is 2.79. The largest absolute Gasteiger partial charge is 0.495 e. The number of benzene rings is 1. The lowest BCUT2D eigenvalue weighted by Gasteiger charge is -2.20. The molecule has 0 radical (unpaired) electrons. The molecule has 1 fully saturated rings. The Hall–Kier alpha value is -0.780. The van der Waals surface area contributed by atoms with Gasteiger partial charge in [-0.05, 0) is 40.4 Å². The van der Waals surface area contributed by atoms with Gasteiger partial charge in [-0.2, -0.15) is 0 Å². The van der Waals surface area contributed by atoms with Gasteiger partial charge < -0.3 is 9.47 Å². The van der Waals surface area contributed by atoms with Crippen LogP contribution < -0.4 is 20.7 Å². The number of hydrogen-bond donors (Lipinski definition) is 2. The van der Waals surface area contributed by atoms with E-state index in [1.807, 2.05) is 12.1 Å². The molecule has 5 heteroatoms. The van der Waals surface area contributed by atoms with Crippen molar-refractivity contribution in [3.8, 4) is 11.5 Å². The van der Waals surface area contributed by atoms with Crippen LogP contribution in [0, 0.1) is 5.92 Å². The van der Waals surface area contributed by atoms with Gasteiger partial charge in [0, 0.05) is 11.6 Å². The zero-order valence-corrected chi connectivity index (χ0v) is 12.3. The Morgan fingerprint density at radius 3 is 2.61 bits per heavy atom. The molecule has 2 rings (SSSR count). The number of hydrogen-bond acceptors (Lipinski definition) is 4. The Bertz CT molecular complexity index is 422. The third-order valence-corrected chi connectivity index (χ3v) is 4.11. The van der Waals surface area contributed by atoms with Gasteiger partial charge in [-0.1, -0.05) is 12.8 Å². The van der Waals surface area contributed by atoms with E-state index in [1.54, 1.807) is 14.2 Å². The summed E-state index contributed by atoms with van der Waals surface area (Å²) in [7, 11) is 3.30. The van der Waals surface area contributed by atoms with E-state index in [2.05, 4.69) is 21.4 Å². The Morgan fingerprint density at radius 2 is 2.11 bits per heavy atom. The second-order valence-electron chi connectivity index (χ2n) is 4.60. The maximum absolute atomic E-state index is 5.67. The fraction of sp³-hybridized carbons (Fsp3) is 0.538. The molecule has 1 aromatic rings. The molecule has 0 saturated heterocycles. The van der Waals surface area contributed by atoms with Crippen molar-refractivity contribution in [1.82, 2.24) is 5.43 Å². The first kappa shape index (κ1) is 13.6. The first-order valence-corrected chi connectivity index (χ1v) is 6.87. The van der Waals surface area contributed by atoms with Crippen LogP contribution in [0.2, 0.25) is 0 Å². The summed E-state index contributed by atoms with van der Waals surface area (Å²) < 4.78 is 11.6. The molecule has 1 unspecified atom stereocenters. The molecule has 1 saturated carbocycles. The molecule has 0 amide bonds. The van der Waals surface area contributed by atoms with E-state index in [1.165, 1.54) is 12.8 Å². The fourth-order valence-corrected chi connectivity index (χ4v) is 2.85. The summed E-state index contributed by atoms with van der Waals surface area (Å²) in [4.78, 5) is 0. The number of ether oxygens (including phenoxy) is 2. The van der Waals surface area contributed by atoms with E-state index in [9.17, 15) is 0 Å². The van der Waals surface area contributed by atoms with E-state index in [-0.39, 0.29) is 6.04 Å². The predicted molar refractivity (Wildman–Crippen MR) is 74.7 cm³/mol. The number of methoxy groups -OCH3 is 2. The summed E-state index contributed by atoms with van der Waals surface area (Å²) in [5, 5.41) is 0. The SMILES string of the molecule is COc1ccc(C(CC2CC2)NN)c(OC)c1Br. The van der Waals surface area contributed by atoms with Crippen molar-refractivity contribution in [3.05, 3.63) is 22.2 Å². The van der Waals surface area contributed by atoms with Crippen LogP contribution in [-0.4, -0.2) is 14.2 Å². The van der Waals surface area contributed by atoms with Crippen molar-refractivity contribution < 1.29 is 9.47 Å². The molecule has 0 spiro atoms. The van der Waals surface area contributed by atoms with E-state index in [4.69, 9.17) is 15.3 Å². The normalized spacial score (nSPS) is 16.4. The van der Waals surface area contributed by atoms with Crippen LogP contribution in [0.25, 0.3) is 0 Å². The van der Waals surface area contributed by atoms with E-state index in [0.29, 0.717) is 0 Å². The highest BCUT2D eigenvalue weighted by atomic mass is 79.9. The molecular weight excluding hydrogens is 296 g/mol. The van der Waals surface area contributed by atoms with Gasteiger partial charge in [0.1, 0.15) is 16.0 Å². The number of halogens is 1. The molecule has 0 bridgehead atoms. The van der Waals surface area contributed by atoms with Crippen molar-refractivity contribution in [1.29, 1.82) is 0 Å². The fourth-order valence-electron chi connectivity index (χ4n) is 2.16. The van der Waals surface area contributed by atoms with Crippen molar-refractivity contribution in [2.75, 3.05) is 14.2 Å². The van der Waals surface area contributed by atoms with E-state index < -0.39 is 0 Å². The molecule has 3 N–H and O–H groups in total. The molecule has 1 aromatic carbocycles. The minimum absolute atomic E-state index is 0.120. The van der Waals surface area contributed by atoms with E-state index >= 15 is 0 Å². The molecule has 4 nitrogen and oxygen atoms in total. The second kappa shape index (κ2) is 5.91. The lowest BCUT2D eigenvalue weighted by molar-refractivity contribution is 0.375. The van der Waals surface area contributed by atoms with Crippen molar-refractivity contribution in [2.24, 2.45) is 11.8 Å². The summed E-state index contributed by atoms with van der Waals surface area (Å²) in [6.07, 6.45) is 3.65. The monoisotopic (exact) mass is 314 g/mol. The van der Waals surface area contributed by atoms with E-state index in [0.717, 1.165) is 33.9 Å². The highest BCUT2D eigenvalue weighted by Crippen LogP contribution is 2.43. The molecule has 0 aromatic heterocycles. The highest BCUT2D eigenvalue weighted by Gasteiger charge is 2.28. The van der Waals surface area contributed by atoms with Gasteiger partial charge in [-0.15, -0.1) is 0 Å². The smallest absolute Gasteiger partial charge is 0.141 e. The van der Waals surface area contributed by atoms with Gasteiger partial charge in [0.2, 0.25) is 0 Å². The summed E-state index contributed by atoms with van der Waals surface area (Å²) in [5.41, 5.74) is 3.96. The van der Waals surface area contributed by atoms with Crippen molar-refractivity contribution >= 4 is 15.9 Å². The quantitative estimate of drug-likeness (QED) is 0.626. The highest BCUT2D eigenvalue weighted by molar-refractivity contribution is 9.10. The van der Waals surface area contributed by atoms with Gasteiger partial charge in [0.25, 0.3) is 0 Å². The Labute approximate surface area is 116 Å². The topological polar surface area (TPSA) is 56.5 Å². The van der Waals surface area contributed by atoms with Crippen LogP contribution in [0.15, 0.2) is 16.6 Å². The van der Waals surface area contributed by atoms with Gasteiger partial charge in [0.15, 0.2) is 0 Å². The zero-order chi connectivity index (χ0) is 13.1. The standard InChI is InChI=1S/C13H19BrN2O2/c1-17-11-6-5-9(13(18-2)12(11)14)10(16-15)7-8-3-4-8/h5-6,8,10,16H,3-4,7,15H2,1-2H3. The summed E-state index contributed by atoms with van der Waals surface area (Å²) in [6.45, 7) is 0.